The summed E-state index contributed by atoms with van der Waals surface area (Å²) in [5.74, 6) is 0.546. The van der Waals surface area contributed by atoms with Crippen molar-refractivity contribution in [3.63, 3.8) is 0 Å². The zero-order chi connectivity index (χ0) is 7.14. The van der Waals surface area contributed by atoms with Crippen LogP contribution in [0, 0.1) is 0 Å². The molecule has 0 radical (unpaired) electrons. The van der Waals surface area contributed by atoms with Crippen LogP contribution in [0.15, 0.2) is 6.20 Å². The van der Waals surface area contributed by atoms with Crippen molar-refractivity contribution in [1.29, 1.82) is 0 Å². The Bertz CT molecular complexity index is 248. The van der Waals surface area contributed by atoms with Gasteiger partial charge in [0.15, 0.2) is 4.47 Å². The second-order valence-electron chi connectivity index (χ2n) is 2.52. The van der Waals surface area contributed by atoms with E-state index >= 15 is 0 Å². The maximum absolute atomic E-state index is 5.65. The highest BCUT2D eigenvalue weighted by Crippen LogP contribution is 2.42. The predicted octanol–water partition coefficient (Wildman–Crippen LogP) is 1.61. The third kappa shape index (κ3) is 1.05. The third-order valence-electron chi connectivity index (χ3n) is 1.70. The molecule has 2 atom stereocenters. The molecular formula is C6H7ClN2S. The van der Waals surface area contributed by atoms with E-state index in [9.17, 15) is 0 Å². The van der Waals surface area contributed by atoms with Gasteiger partial charge in [-0.2, -0.15) is 0 Å². The smallest absolute Gasteiger partial charge is 0.183 e. The van der Waals surface area contributed by atoms with Crippen LogP contribution in [-0.4, -0.2) is 11.0 Å². The molecular weight excluding hydrogens is 168 g/mol. The molecule has 0 aliphatic heterocycles. The minimum atomic E-state index is 0.358. The van der Waals surface area contributed by atoms with Crippen molar-refractivity contribution in [1.82, 2.24) is 4.98 Å². The summed E-state index contributed by atoms with van der Waals surface area (Å²) in [7, 11) is 0. The first-order valence-corrected chi connectivity index (χ1v) is 4.33. The van der Waals surface area contributed by atoms with Crippen molar-refractivity contribution in [2.75, 3.05) is 0 Å². The van der Waals surface area contributed by atoms with E-state index in [2.05, 4.69) is 4.98 Å². The molecule has 0 spiro atoms. The molecule has 1 fully saturated rings. The summed E-state index contributed by atoms with van der Waals surface area (Å²) in [6.45, 7) is 0. The van der Waals surface area contributed by atoms with E-state index in [1.165, 1.54) is 16.2 Å². The average molecular weight is 175 g/mol. The zero-order valence-electron chi connectivity index (χ0n) is 5.25. The molecule has 0 unspecified atom stereocenters. The fourth-order valence-corrected chi connectivity index (χ4v) is 2.12. The fraction of sp³-hybridized carbons (Fsp3) is 0.500. The summed E-state index contributed by atoms with van der Waals surface area (Å²) in [5.41, 5.74) is 5.64. The van der Waals surface area contributed by atoms with E-state index in [1.54, 1.807) is 0 Å². The lowest BCUT2D eigenvalue weighted by atomic mass is 10.4. The second kappa shape index (κ2) is 2.19. The topological polar surface area (TPSA) is 38.9 Å². The third-order valence-corrected chi connectivity index (χ3v) is 2.95. The van der Waals surface area contributed by atoms with Gasteiger partial charge in [0.05, 0.1) is 0 Å². The van der Waals surface area contributed by atoms with Crippen LogP contribution in [0.2, 0.25) is 4.47 Å². The second-order valence-corrected chi connectivity index (χ2v) is 4.17. The largest absolute Gasteiger partial charge is 0.327 e. The van der Waals surface area contributed by atoms with Gasteiger partial charge >= 0.3 is 0 Å². The number of aromatic nitrogens is 1. The summed E-state index contributed by atoms with van der Waals surface area (Å²) in [6.07, 6.45) is 2.92. The van der Waals surface area contributed by atoms with Gasteiger partial charge in [0.1, 0.15) is 0 Å². The van der Waals surface area contributed by atoms with E-state index in [-0.39, 0.29) is 0 Å². The quantitative estimate of drug-likeness (QED) is 0.703. The van der Waals surface area contributed by atoms with Gasteiger partial charge in [-0.1, -0.05) is 11.6 Å². The monoisotopic (exact) mass is 174 g/mol. The van der Waals surface area contributed by atoms with Gasteiger partial charge in [0.25, 0.3) is 0 Å². The van der Waals surface area contributed by atoms with Crippen molar-refractivity contribution in [3.8, 4) is 0 Å². The molecule has 54 valence electrons. The summed E-state index contributed by atoms with van der Waals surface area (Å²) < 4.78 is 0.620. The standard InChI is InChI=1S/C6H7ClN2S/c7-6-9-2-5(10-6)3-1-4(3)8/h2-4H,1,8H2/t3-,4-/m1/s1. The van der Waals surface area contributed by atoms with Crippen LogP contribution >= 0.6 is 22.9 Å². The number of thiazole rings is 1. The lowest BCUT2D eigenvalue weighted by molar-refractivity contribution is 1.00. The first-order valence-electron chi connectivity index (χ1n) is 3.14. The molecule has 2 rings (SSSR count). The maximum atomic E-state index is 5.65. The van der Waals surface area contributed by atoms with E-state index in [4.69, 9.17) is 17.3 Å². The normalized spacial score (nSPS) is 30.6. The number of rotatable bonds is 1. The first kappa shape index (κ1) is 6.58. The van der Waals surface area contributed by atoms with E-state index in [0.717, 1.165) is 6.42 Å². The van der Waals surface area contributed by atoms with Crippen molar-refractivity contribution >= 4 is 22.9 Å². The lowest BCUT2D eigenvalue weighted by Crippen LogP contribution is -1.99. The predicted molar refractivity (Wildman–Crippen MR) is 42.5 cm³/mol. The molecule has 0 bridgehead atoms. The number of nitrogens with two attached hydrogens (primary N) is 1. The summed E-state index contributed by atoms with van der Waals surface area (Å²) in [6, 6.07) is 0.358. The molecule has 0 aromatic carbocycles. The molecule has 4 heteroatoms. The SMILES string of the molecule is N[C@@H]1C[C@H]1c1cnc(Cl)s1. The molecule has 2 nitrogen and oxygen atoms in total. The minimum absolute atomic E-state index is 0.358. The van der Waals surface area contributed by atoms with Crippen LogP contribution in [0.4, 0.5) is 0 Å². The Hall–Kier alpha value is -0.120. The van der Waals surface area contributed by atoms with E-state index < -0.39 is 0 Å². The van der Waals surface area contributed by atoms with Crippen LogP contribution in [-0.2, 0) is 0 Å². The van der Waals surface area contributed by atoms with Crippen molar-refractivity contribution in [2.45, 2.75) is 18.4 Å². The van der Waals surface area contributed by atoms with Gasteiger partial charge in [-0.15, -0.1) is 11.3 Å². The Kier molecular flexibility index (Phi) is 1.44. The Morgan fingerprint density at radius 1 is 1.80 bits per heavy atom. The van der Waals surface area contributed by atoms with Crippen LogP contribution in [0.5, 0.6) is 0 Å². The van der Waals surface area contributed by atoms with Crippen LogP contribution in [0.1, 0.15) is 17.2 Å². The number of hydrogen-bond donors (Lipinski definition) is 1. The fourth-order valence-electron chi connectivity index (χ4n) is 0.978. The Labute approximate surface area is 68.0 Å². The van der Waals surface area contributed by atoms with E-state index in [0.29, 0.717) is 16.4 Å². The summed E-state index contributed by atoms with van der Waals surface area (Å²) >= 11 is 7.18. The van der Waals surface area contributed by atoms with Gasteiger partial charge in [-0.3, -0.25) is 0 Å². The molecule has 1 saturated carbocycles. The summed E-state index contributed by atoms with van der Waals surface area (Å²) in [5, 5.41) is 0. The molecule has 1 aliphatic carbocycles. The van der Waals surface area contributed by atoms with Crippen LogP contribution in [0.3, 0.4) is 0 Å². The summed E-state index contributed by atoms with van der Waals surface area (Å²) in [4.78, 5) is 5.17. The molecule has 2 N–H and O–H groups in total. The van der Waals surface area contributed by atoms with Gasteiger partial charge < -0.3 is 5.73 Å². The van der Waals surface area contributed by atoms with E-state index in [1.807, 2.05) is 6.20 Å². The minimum Gasteiger partial charge on any atom is -0.327 e. The van der Waals surface area contributed by atoms with Crippen molar-refractivity contribution in [3.05, 3.63) is 15.5 Å². The van der Waals surface area contributed by atoms with Gasteiger partial charge in [-0.05, 0) is 6.42 Å². The Morgan fingerprint density at radius 2 is 2.50 bits per heavy atom. The Balaban J connectivity index is 2.20. The highest BCUT2D eigenvalue weighted by atomic mass is 35.5. The van der Waals surface area contributed by atoms with Gasteiger partial charge in [0, 0.05) is 23.0 Å². The molecule has 1 heterocycles. The highest BCUT2D eigenvalue weighted by Gasteiger charge is 2.36. The van der Waals surface area contributed by atoms with Crippen LogP contribution < -0.4 is 5.73 Å². The maximum Gasteiger partial charge on any atom is 0.183 e. The number of nitrogens with zero attached hydrogens (tertiary/aromatic N) is 1. The molecule has 1 aliphatic rings. The van der Waals surface area contributed by atoms with Gasteiger partial charge in [-0.25, -0.2) is 4.98 Å². The van der Waals surface area contributed by atoms with Gasteiger partial charge in [0.2, 0.25) is 0 Å². The number of hydrogen-bond acceptors (Lipinski definition) is 3. The molecule has 0 saturated heterocycles. The Morgan fingerprint density at radius 3 is 2.90 bits per heavy atom. The zero-order valence-corrected chi connectivity index (χ0v) is 6.82. The molecule has 0 amide bonds. The van der Waals surface area contributed by atoms with Crippen molar-refractivity contribution in [2.24, 2.45) is 5.73 Å². The molecule has 1 aromatic heterocycles. The first-order chi connectivity index (χ1) is 4.77. The van der Waals surface area contributed by atoms with Crippen molar-refractivity contribution < 1.29 is 0 Å². The lowest BCUT2D eigenvalue weighted by Gasteiger charge is -1.85. The average Bonchev–Trinajstić information content (AvgIpc) is 2.42. The molecule has 10 heavy (non-hydrogen) atoms. The van der Waals surface area contributed by atoms with Crippen LogP contribution in [0.25, 0.3) is 0 Å². The highest BCUT2D eigenvalue weighted by molar-refractivity contribution is 7.15. The number of halogens is 1. The molecule has 1 aromatic rings.